The lowest BCUT2D eigenvalue weighted by Crippen LogP contribution is -2.24. The first kappa shape index (κ1) is 18.0. The zero-order chi connectivity index (χ0) is 15.8. The van der Waals surface area contributed by atoms with Gasteiger partial charge in [0.15, 0.2) is 0 Å². The van der Waals surface area contributed by atoms with Gasteiger partial charge in [-0.2, -0.15) is 0 Å². The summed E-state index contributed by atoms with van der Waals surface area (Å²) in [6.45, 7) is 14.6. The van der Waals surface area contributed by atoms with Crippen molar-refractivity contribution in [2.45, 2.75) is 60.0 Å². The van der Waals surface area contributed by atoms with Crippen LogP contribution in [0.1, 0.15) is 59.4 Å². The van der Waals surface area contributed by atoms with Crippen LogP contribution in [0, 0.1) is 11.8 Å². The summed E-state index contributed by atoms with van der Waals surface area (Å²) in [5, 5.41) is 0. The second-order valence-corrected chi connectivity index (χ2v) is 6.86. The van der Waals surface area contributed by atoms with Gasteiger partial charge < -0.3 is 9.47 Å². The van der Waals surface area contributed by atoms with Gasteiger partial charge in [0.05, 0.1) is 12.7 Å². The second kappa shape index (κ2) is 9.09. The average molecular weight is 292 g/mol. The maximum absolute atomic E-state index is 5.97. The molecule has 0 aliphatic rings. The van der Waals surface area contributed by atoms with Gasteiger partial charge in [-0.05, 0) is 41.9 Å². The Kier molecular flexibility index (Phi) is 7.81. The Labute approximate surface area is 130 Å². The quantitative estimate of drug-likeness (QED) is 0.577. The summed E-state index contributed by atoms with van der Waals surface area (Å²) in [6.07, 6.45) is 1.44. The average Bonchev–Trinajstić information content (AvgIpc) is 2.42. The molecule has 0 amide bonds. The molecule has 1 unspecified atom stereocenters. The van der Waals surface area contributed by atoms with Crippen LogP contribution >= 0.6 is 0 Å². The molecule has 0 N–H and O–H groups in total. The van der Waals surface area contributed by atoms with E-state index < -0.39 is 0 Å². The monoisotopic (exact) mass is 292 g/mol. The molecule has 0 saturated carbocycles. The van der Waals surface area contributed by atoms with E-state index in [1.807, 2.05) is 12.1 Å². The number of ether oxygens (including phenoxy) is 2. The van der Waals surface area contributed by atoms with Crippen molar-refractivity contribution >= 4 is 0 Å². The third kappa shape index (κ3) is 6.99. The molecule has 0 radical (unpaired) electrons. The Bertz CT molecular complexity index is 379. The molecule has 0 aliphatic heterocycles. The lowest BCUT2D eigenvalue weighted by atomic mass is 9.97. The fourth-order valence-electron chi connectivity index (χ4n) is 2.31. The Hall–Kier alpha value is -1.02. The molecule has 1 rings (SSSR count). The molecule has 0 aliphatic carbocycles. The highest BCUT2D eigenvalue weighted by atomic mass is 16.5. The van der Waals surface area contributed by atoms with Crippen LogP contribution in [0.3, 0.4) is 0 Å². The second-order valence-electron chi connectivity index (χ2n) is 6.86. The van der Waals surface area contributed by atoms with E-state index >= 15 is 0 Å². The maximum atomic E-state index is 5.97. The minimum atomic E-state index is 0.330. The van der Waals surface area contributed by atoms with Crippen LogP contribution in [0.4, 0.5) is 0 Å². The van der Waals surface area contributed by atoms with Gasteiger partial charge in [-0.15, -0.1) is 0 Å². The van der Waals surface area contributed by atoms with Crippen molar-refractivity contribution in [2.75, 3.05) is 13.2 Å². The normalized spacial score (nSPS) is 13.2. The van der Waals surface area contributed by atoms with Crippen LogP contribution in [0.15, 0.2) is 24.3 Å². The first-order valence-corrected chi connectivity index (χ1v) is 8.24. The summed E-state index contributed by atoms with van der Waals surface area (Å²) >= 11 is 0. The van der Waals surface area contributed by atoms with Crippen molar-refractivity contribution in [2.24, 2.45) is 11.8 Å². The molecule has 1 aromatic rings. The van der Waals surface area contributed by atoms with E-state index in [0.29, 0.717) is 37.1 Å². The zero-order valence-electron chi connectivity index (χ0n) is 14.6. The molecular weight excluding hydrogens is 260 g/mol. The van der Waals surface area contributed by atoms with E-state index in [4.69, 9.17) is 9.47 Å². The predicted octanol–water partition coefficient (Wildman–Crippen LogP) is 5.28. The zero-order valence-corrected chi connectivity index (χ0v) is 14.6. The van der Waals surface area contributed by atoms with Crippen molar-refractivity contribution in [1.29, 1.82) is 0 Å². The van der Waals surface area contributed by atoms with Crippen molar-refractivity contribution in [3.63, 3.8) is 0 Å². The Morgan fingerprint density at radius 1 is 0.857 bits per heavy atom. The van der Waals surface area contributed by atoms with E-state index in [9.17, 15) is 0 Å². The van der Waals surface area contributed by atoms with E-state index in [1.54, 1.807) is 0 Å². The summed E-state index contributed by atoms with van der Waals surface area (Å²) < 4.78 is 11.7. The van der Waals surface area contributed by atoms with Gasteiger partial charge in [-0.1, -0.05) is 53.7 Å². The van der Waals surface area contributed by atoms with Crippen molar-refractivity contribution in [3.8, 4) is 5.75 Å². The van der Waals surface area contributed by atoms with E-state index in [2.05, 4.69) is 53.7 Å². The molecule has 0 aromatic heterocycles. The summed E-state index contributed by atoms with van der Waals surface area (Å²) in [4.78, 5) is 0. The number of rotatable bonds is 9. The summed E-state index contributed by atoms with van der Waals surface area (Å²) in [7, 11) is 0. The predicted molar refractivity (Wildman–Crippen MR) is 90.1 cm³/mol. The van der Waals surface area contributed by atoms with Crippen LogP contribution in [-0.4, -0.2) is 19.3 Å². The van der Waals surface area contributed by atoms with Crippen LogP contribution in [0.25, 0.3) is 0 Å². The molecule has 2 heteroatoms. The highest BCUT2D eigenvalue weighted by Crippen LogP contribution is 2.19. The largest absolute Gasteiger partial charge is 0.491 e. The molecule has 120 valence electrons. The molecule has 0 heterocycles. The molecule has 0 spiro atoms. The minimum Gasteiger partial charge on any atom is -0.491 e. The molecule has 21 heavy (non-hydrogen) atoms. The van der Waals surface area contributed by atoms with Gasteiger partial charge in [0.1, 0.15) is 12.4 Å². The third-order valence-corrected chi connectivity index (χ3v) is 3.68. The Balaban J connectivity index is 2.32. The molecule has 0 fully saturated rings. The first-order valence-electron chi connectivity index (χ1n) is 8.24. The van der Waals surface area contributed by atoms with Gasteiger partial charge in [0, 0.05) is 0 Å². The Morgan fingerprint density at radius 3 is 1.95 bits per heavy atom. The highest BCUT2D eigenvalue weighted by molar-refractivity contribution is 5.28. The highest BCUT2D eigenvalue weighted by Gasteiger charge is 2.15. The third-order valence-electron chi connectivity index (χ3n) is 3.68. The molecule has 1 atom stereocenters. The topological polar surface area (TPSA) is 18.5 Å². The molecular formula is C19H32O2. The van der Waals surface area contributed by atoms with Crippen LogP contribution < -0.4 is 4.74 Å². The SMILES string of the molecule is CC(C)CC(OCCOc1ccc(C(C)C)cc1)C(C)C. The van der Waals surface area contributed by atoms with Gasteiger partial charge >= 0.3 is 0 Å². The van der Waals surface area contributed by atoms with Crippen molar-refractivity contribution < 1.29 is 9.47 Å². The minimum absolute atomic E-state index is 0.330. The fraction of sp³-hybridized carbons (Fsp3) is 0.684. The van der Waals surface area contributed by atoms with Gasteiger partial charge in [0.2, 0.25) is 0 Å². The summed E-state index contributed by atoms with van der Waals surface area (Å²) in [5.41, 5.74) is 1.34. The smallest absolute Gasteiger partial charge is 0.119 e. The molecule has 1 aromatic carbocycles. The van der Waals surface area contributed by atoms with Gasteiger partial charge in [-0.3, -0.25) is 0 Å². The van der Waals surface area contributed by atoms with Gasteiger partial charge in [0.25, 0.3) is 0 Å². The standard InChI is InChI=1S/C19H32O2/c1-14(2)13-19(16(5)6)21-12-11-20-18-9-7-17(8-10-18)15(3)4/h7-10,14-16,19H,11-13H2,1-6H3. The van der Waals surface area contributed by atoms with Crippen LogP contribution in [-0.2, 0) is 4.74 Å². The van der Waals surface area contributed by atoms with E-state index in [-0.39, 0.29) is 0 Å². The Morgan fingerprint density at radius 2 is 1.48 bits per heavy atom. The summed E-state index contributed by atoms with van der Waals surface area (Å²) in [5.74, 6) is 2.71. The van der Waals surface area contributed by atoms with E-state index in [0.717, 1.165) is 12.2 Å². The number of benzene rings is 1. The maximum Gasteiger partial charge on any atom is 0.119 e. The molecule has 0 saturated heterocycles. The number of hydrogen-bond acceptors (Lipinski definition) is 2. The fourth-order valence-corrected chi connectivity index (χ4v) is 2.31. The van der Waals surface area contributed by atoms with E-state index in [1.165, 1.54) is 5.56 Å². The first-order chi connectivity index (χ1) is 9.90. The van der Waals surface area contributed by atoms with Gasteiger partial charge in [-0.25, -0.2) is 0 Å². The van der Waals surface area contributed by atoms with Crippen LogP contribution in [0.2, 0.25) is 0 Å². The lowest BCUT2D eigenvalue weighted by molar-refractivity contribution is -0.00433. The van der Waals surface area contributed by atoms with Crippen LogP contribution in [0.5, 0.6) is 5.75 Å². The summed E-state index contributed by atoms with van der Waals surface area (Å²) in [6, 6.07) is 8.36. The lowest BCUT2D eigenvalue weighted by Gasteiger charge is -2.23. The molecule has 2 nitrogen and oxygen atoms in total. The molecule has 0 bridgehead atoms. The van der Waals surface area contributed by atoms with Crippen molar-refractivity contribution in [3.05, 3.63) is 29.8 Å². The number of hydrogen-bond donors (Lipinski definition) is 0. The van der Waals surface area contributed by atoms with Crippen molar-refractivity contribution in [1.82, 2.24) is 0 Å².